The molecule has 4 fully saturated rings. The average molecular weight is 525 g/mol. The van der Waals surface area contributed by atoms with E-state index in [9.17, 15) is 0 Å². The van der Waals surface area contributed by atoms with Gasteiger partial charge in [-0.25, -0.2) is 9.97 Å². The Morgan fingerprint density at radius 1 is 0.763 bits per heavy atom. The Labute approximate surface area is 229 Å². The number of likely N-dealkylation sites (tertiary alicyclic amines) is 2. The predicted octanol–water partition coefficient (Wildman–Crippen LogP) is 4.55. The first-order chi connectivity index (χ1) is 17.7. The fourth-order valence-electron chi connectivity index (χ4n) is 6.53. The summed E-state index contributed by atoms with van der Waals surface area (Å²) in [6.07, 6.45) is 6.48. The van der Waals surface area contributed by atoms with Crippen LogP contribution >= 0.6 is 0 Å². The van der Waals surface area contributed by atoms with Gasteiger partial charge in [-0.1, -0.05) is 7.43 Å². The summed E-state index contributed by atoms with van der Waals surface area (Å²) in [5.41, 5.74) is 2.74. The number of hydrogen-bond donors (Lipinski definition) is 0. The molecule has 0 spiro atoms. The lowest BCUT2D eigenvalue weighted by Crippen LogP contribution is -2.71. The van der Waals surface area contributed by atoms with E-state index in [-0.39, 0.29) is 13.0 Å². The monoisotopic (exact) mass is 524 g/mol. The number of piperazine rings is 2. The summed E-state index contributed by atoms with van der Waals surface area (Å²) >= 11 is 0. The molecule has 0 radical (unpaired) electrons. The molecule has 6 heterocycles. The lowest BCUT2D eigenvalue weighted by molar-refractivity contribution is 0.0415. The third-order valence-electron chi connectivity index (χ3n) is 8.58. The predicted molar refractivity (Wildman–Crippen MR) is 156 cm³/mol. The molecule has 2 aromatic rings. The molecule has 4 aliphatic rings. The van der Waals surface area contributed by atoms with Crippen LogP contribution in [-0.2, 0) is 0 Å². The van der Waals surface area contributed by atoms with Crippen LogP contribution in [0.1, 0.15) is 54.9 Å². The van der Waals surface area contributed by atoms with Crippen LogP contribution in [-0.4, -0.2) is 95.9 Å². The number of hydrogen-bond acceptors (Lipinski definition) is 8. The van der Waals surface area contributed by atoms with Crippen molar-refractivity contribution in [1.29, 1.82) is 0 Å². The Kier molecular flexibility index (Phi) is 8.43. The summed E-state index contributed by atoms with van der Waals surface area (Å²) in [6, 6.07) is 11.5. The topological polar surface area (TPSA) is 57.2 Å². The number of rotatable bonds is 5. The normalized spacial score (nSPS) is 26.4. The molecule has 4 unspecified atom stereocenters. The van der Waals surface area contributed by atoms with Gasteiger partial charge in [0.15, 0.2) is 0 Å². The molecule has 38 heavy (non-hydrogen) atoms. The van der Waals surface area contributed by atoms with Gasteiger partial charge in [-0.2, -0.15) is 0 Å². The van der Waals surface area contributed by atoms with E-state index in [2.05, 4.69) is 76.3 Å². The number of ether oxygens (including phenoxy) is 2. The highest BCUT2D eigenvalue weighted by Crippen LogP contribution is 2.39. The van der Waals surface area contributed by atoms with Gasteiger partial charge in [-0.05, 0) is 59.6 Å². The first-order valence-corrected chi connectivity index (χ1v) is 13.7. The first-order valence-electron chi connectivity index (χ1n) is 13.7. The molecule has 0 aliphatic carbocycles. The van der Waals surface area contributed by atoms with Crippen molar-refractivity contribution in [3.8, 4) is 11.8 Å². The van der Waals surface area contributed by atoms with E-state index in [1.165, 1.54) is 30.8 Å². The van der Waals surface area contributed by atoms with Crippen molar-refractivity contribution >= 4 is 11.4 Å². The van der Waals surface area contributed by atoms with Crippen LogP contribution in [0.4, 0.5) is 11.4 Å². The maximum Gasteiger partial charge on any atom is 0.213 e. The molecule has 8 nitrogen and oxygen atoms in total. The molecule has 4 atom stereocenters. The minimum absolute atomic E-state index is 0. The van der Waals surface area contributed by atoms with Gasteiger partial charge in [-0.3, -0.25) is 9.80 Å². The Balaban J connectivity index is 0.000000173. The SMILES string of the molecule is C.COc1ccc(N2C3CC2CN(C(C)(C)C)C3)cn1.COc1ccc(N2CC3CC2CN3C(C)C)cn1. The maximum atomic E-state index is 5.12. The van der Waals surface area contributed by atoms with Crippen LogP contribution < -0.4 is 19.3 Å². The van der Waals surface area contributed by atoms with E-state index in [0.29, 0.717) is 35.9 Å². The number of methoxy groups -OCH3 is 2. The Bertz CT molecular complexity index is 1030. The average Bonchev–Trinajstić information content (AvgIpc) is 3.51. The van der Waals surface area contributed by atoms with Gasteiger partial charge in [0.1, 0.15) is 0 Å². The summed E-state index contributed by atoms with van der Waals surface area (Å²) in [7, 11) is 3.31. The van der Waals surface area contributed by atoms with E-state index < -0.39 is 0 Å². The fraction of sp³-hybridized carbons (Fsp3) is 0.667. The molecule has 6 rings (SSSR count). The molecule has 0 saturated carbocycles. The van der Waals surface area contributed by atoms with Gasteiger partial charge < -0.3 is 19.3 Å². The quantitative estimate of drug-likeness (QED) is 0.565. The van der Waals surface area contributed by atoms with Crippen molar-refractivity contribution < 1.29 is 9.47 Å². The summed E-state index contributed by atoms with van der Waals surface area (Å²) in [5.74, 6) is 1.37. The Hall–Kier alpha value is -2.58. The summed E-state index contributed by atoms with van der Waals surface area (Å²) in [4.78, 5) is 18.9. The molecule has 2 aromatic heterocycles. The zero-order valence-electron chi connectivity index (χ0n) is 23.6. The molecular formula is C30H48N6O2. The molecule has 8 heteroatoms. The summed E-state index contributed by atoms with van der Waals surface area (Å²) < 4.78 is 10.2. The second kappa shape index (κ2) is 11.3. The molecule has 210 valence electrons. The maximum absolute atomic E-state index is 5.12. The third kappa shape index (κ3) is 5.57. The van der Waals surface area contributed by atoms with Crippen molar-refractivity contribution in [2.24, 2.45) is 0 Å². The Morgan fingerprint density at radius 2 is 1.32 bits per heavy atom. The molecule has 0 amide bonds. The van der Waals surface area contributed by atoms with Crippen LogP contribution in [0.5, 0.6) is 11.8 Å². The smallest absolute Gasteiger partial charge is 0.213 e. The van der Waals surface area contributed by atoms with Crippen LogP contribution in [0.15, 0.2) is 36.7 Å². The van der Waals surface area contributed by atoms with Gasteiger partial charge >= 0.3 is 0 Å². The minimum Gasteiger partial charge on any atom is -0.481 e. The van der Waals surface area contributed by atoms with E-state index in [4.69, 9.17) is 9.47 Å². The highest BCUT2D eigenvalue weighted by molar-refractivity contribution is 5.52. The zero-order valence-corrected chi connectivity index (χ0v) is 23.6. The third-order valence-corrected chi connectivity index (χ3v) is 8.58. The number of aromatic nitrogens is 2. The van der Waals surface area contributed by atoms with Crippen molar-refractivity contribution in [1.82, 2.24) is 19.8 Å². The molecule has 4 bridgehead atoms. The zero-order chi connectivity index (χ0) is 26.3. The van der Waals surface area contributed by atoms with Crippen LogP contribution in [0.25, 0.3) is 0 Å². The molecular weight excluding hydrogens is 476 g/mol. The van der Waals surface area contributed by atoms with Gasteiger partial charge in [0.2, 0.25) is 11.8 Å². The van der Waals surface area contributed by atoms with E-state index in [0.717, 1.165) is 25.7 Å². The Morgan fingerprint density at radius 3 is 1.74 bits per heavy atom. The van der Waals surface area contributed by atoms with E-state index in [1.807, 2.05) is 24.5 Å². The molecule has 0 aromatic carbocycles. The number of nitrogens with zero attached hydrogens (tertiary/aromatic N) is 6. The van der Waals surface area contributed by atoms with Crippen molar-refractivity contribution in [2.45, 2.75) is 90.6 Å². The number of fused-ring (bicyclic) bond motifs is 4. The molecule has 4 aliphatic heterocycles. The van der Waals surface area contributed by atoms with Crippen molar-refractivity contribution in [2.75, 3.05) is 50.2 Å². The minimum atomic E-state index is 0. The highest BCUT2D eigenvalue weighted by Gasteiger charge is 2.47. The standard InChI is InChI=1S/C15H23N3O.C14H21N3O.CH4/c1-15(2,3)17-9-12-7-13(10-17)18(12)11-5-6-14(19-4)16-8-11;1-10(2)16-8-13-6-12(16)9-17(13)11-4-5-14(18-3)15-7-11;/h5-6,8,12-13H,7,9-10H2,1-4H3;4-5,7,10,12-13H,6,8-9H2,1-3H3;1H4. The van der Waals surface area contributed by atoms with Crippen LogP contribution in [0, 0.1) is 0 Å². The van der Waals surface area contributed by atoms with Gasteiger partial charge in [0.25, 0.3) is 0 Å². The van der Waals surface area contributed by atoms with Gasteiger partial charge in [-0.15, -0.1) is 0 Å². The largest absolute Gasteiger partial charge is 0.481 e. The van der Waals surface area contributed by atoms with Crippen molar-refractivity contribution in [3.63, 3.8) is 0 Å². The van der Waals surface area contributed by atoms with Crippen LogP contribution in [0.3, 0.4) is 0 Å². The van der Waals surface area contributed by atoms with E-state index in [1.54, 1.807) is 14.2 Å². The number of anilines is 2. The fourth-order valence-corrected chi connectivity index (χ4v) is 6.53. The first kappa shape index (κ1) is 28.4. The lowest BCUT2D eigenvalue weighted by Gasteiger charge is -2.60. The molecule has 0 N–H and O–H groups in total. The van der Waals surface area contributed by atoms with Crippen molar-refractivity contribution in [3.05, 3.63) is 36.7 Å². The van der Waals surface area contributed by atoms with Crippen LogP contribution in [0.2, 0.25) is 0 Å². The number of piperidine rings is 1. The summed E-state index contributed by atoms with van der Waals surface area (Å²) in [5, 5.41) is 0. The molecule has 4 saturated heterocycles. The highest BCUT2D eigenvalue weighted by atomic mass is 16.5. The number of pyridine rings is 2. The second-order valence-corrected chi connectivity index (χ2v) is 12.1. The van der Waals surface area contributed by atoms with Gasteiger partial charge in [0.05, 0.1) is 38.0 Å². The lowest BCUT2D eigenvalue weighted by atomic mass is 9.84. The second-order valence-electron chi connectivity index (χ2n) is 12.1. The summed E-state index contributed by atoms with van der Waals surface area (Å²) in [6.45, 7) is 16.1. The van der Waals surface area contributed by atoms with Gasteiger partial charge in [0, 0.05) is 74.1 Å². The van der Waals surface area contributed by atoms with E-state index >= 15 is 0 Å².